The van der Waals surface area contributed by atoms with Gasteiger partial charge in [-0.05, 0) is 59.7 Å². The highest BCUT2D eigenvalue weighted by molar-refractivity contribution is 7.10. The molecule has 200 valence electrons. The Bertz CT molecular complexity index is 1430. The van der Waals surface area contributed by atoms with Crippen LogP contribution in [0, 0.1) is 0 Å². The molecule has 2 amide bonds. The number of rotatable bonds is 9. The summed E-state index contributed by atoms with van der Waals surface area (Å²) in [6.07, 6.45) is 1.89. The minimum absolute atomic E-state index is 0.00668. The van der Waals surface area contributed by atoms with Gasteiger partial charge in [-0.25, -0.2) is 0 Å². The lowest BCUT2D eigenvalue weighted by Gasteiger charge is -2.30. The summed E-state index contributed by atoms with van der Waals surface area (Å²) in [7, 11) is 0. The molecule has 0 saturated carbocycles. The first-order chi connectivity index (χ1) is 19.2. The van der Waals surface area contributed by atoms with Crippen LogP contribution in [-0.4, -0.2) is 47.7 Å². The first-order valence-corrected chi connectivity index (χ1v) is 13.9. The van der Waals surface area contributed by atoms with E-state index in [0.717, 1.165) is 34.5 Å². The number of hydrogen-bond acceptors (Lipinski definition) is 6. The van der Waals surface area contributed by atoms with Crippen LogP contribution in [0.5, 0.6) is 11.5 Å². The molecule has 2 aromatic heterocycles. The number of benzene rings is 2. The fourth-order valence-electron chi connectivity index (χ4n) is 4.96. The summed E-state index contributed by atoms with van der Waals surface area (Å²) in [5, 5.41) is 4.97. The molecule has 2 atom stereocenters. The second-order valence-electron chi connectivity index (χ2n) is 9.57. The monoisotopic (exact) mass is 543 g/mol. The Labute approximate surface area is 230 Å². The lowest BCUT2D eigenvalue weighted by molar-refractivity contribution is -0.126. The number of thiophene rings is 1. The molecular formula is C30H29N3O5S. The molecule has 39 heavy (non-hydrogen) atoms. The van der Waals surface area contributed by atoms with Crippen molar-refractivity contribution in [3.63, 3.8) is 0 Å². The lowest BCUT2D eigenvalue weighted by Crippen LogP contribution is -2.44. The summed E-state index contributed by atoms with van der Waals surface area (Å²) in [6, 6.07) is 22.0. The molecule has 2 aliphatic heterocycles. The minimum Gasteiger partial charge on any atom is -0.454 e. The van der Waals surface area contributed by atoms with Crippen molar-refractivity contribution in [2.24, 2.45) is 0 Å². The number of H-pyrrole nitrogens is 1. The topological polar surface area (TPSA) is 92.9 Å². The molecule has 9 heteroatoms. The van der Waals surface area contributed by atoms with Gasteiger partial charge in [-0.15, -0.1) is 11.3 Å². The molecule has 8 nitrogen and oxygen atoms in total. The molecule has 0 unspecified atom stereocenters. The molecule has 2 N–H and O–H groups in total. The Balaban J connectivity index is 1.34. The molecule has 0 radical (unpaired) electrons. The van der Waals surface area contributed by atoms with E-state index in [1.807, 2.05) is 72.1 Å². The number of carbonyl (C=O) groups excluding carboxylic acids is 2. The quantitative estimate of drug-likeness (QED) is 0.305. The molecule has 4 heterocycles. The van der Waals surface area contributed by atoms with Crippen LogP contribution in [0.1, 0.15) is 39.8 Å². The van der Waals surface area contributed by atoms with Gasteiger partial charge in [0.25, 0.3) is 5.91 Å². The number of carbonyl (C=O) groups is 2. The second kappa shape index (κ2) is 11.3. The molecule has 1 saturated heterocycles. The summed E-state index contributed by atoms with van der Waals surface area (Å²) in [5.41, 5.74) is 3.04. The van der Waals surface area contributed by atoms with E-state index < -0.39 is 6.04 Å². The molecule has 0 spiro atoms. The van der Waals surface area contributed by atoms with Gasteiger partial charge < -0.3 is 29.4 Å². The van der Waals surface area contributed by atoms with Gasteiger partial charge in [0.15, 0.2) is 11.5 Å². The van der Waals surface area contributed by atoms with Crippen LogP contribution in [0.25, 0.3) is 11.3 Å². The summed E-state index contributed by atoms with van der Waals surface area (Å²) < 4.78 is 16.7. The van der Waals surface area contributed by atoms with Crippen LogP contribution in [0.3, 0.4) is 0 Å². The van der Waals surface area contributed by atoms with Crippen molar-refractivity contribution < 1.29 is 23.8 Å². The molecule has 4 aromatic rings. The van der Waals surface area contributed by atoms with Crippen LogP contribution in [0.15, 0.2) is 78.2 Å². The maximum absolute atomic E-state index is 14.2. The van der Waals surface area contributed by atoms with Crippen LogP contribution in [-0.2, 0) is 16.1 Å². The Morgan fingerprint density at radius 2 is 1.90 bits per heavy atom. The van der Waals surface area contributed by atoms with E-state index >= 15 is 0 Å². The van der Waals surface area contributed by atoms with Gasteiger partial charge >= 0.3 is 0 Å². The zero-order valence-electron chi connectivity index (χ0n) is 21.3. The van der Waals surface area contributed by atoms with Gasteiger partial charge in [-0.3, -0.25) is 9.59 Å². The second-order valence-corrected chi connectivity index (χ2v) is 10.5. The van der Waals surface area contributed by atoms with Crippen molar-refractivity contribution >= 4 is 23.2 Å². The minimum atomic E-state index is -0.826. The third-order valence-electron chi connectivity index (χ3n) is 6.95. The Kier molecular flexibility index (Phi) is 7.33. The van der Waals surface area contributed by atoms with Gasteiger partial charge in [0, 0.05) is 30.3 Å². The van der Waals surface area contributed by atoms with Crippen molar-refractivity contribution in [2.75, 3.05) is 19.9 Å². The summed E-state index contributed by atoms with van der Waals surface area (Å²) in [6.45, 7) is 1.48. The number of nitrogens with one attached hydrogen (secondary N) is 2. The fourth-order valence-corrected chi connectivity index (χ4v) is 5.80. The fraction of sp³-hybridized carbons (Fsp3) is 0.267. The zero-order valence-corrected chi connectivity index (χ0v) is 22.1. The van der Waals surface area contributed by atoms with Gasteiger partial charge in [0.2, 0.25) is 12.7 Å². The number of amides is 2. The van der Waals surface area contributed by atoms with Crippen LogP contribution < -0.4 is 14.8 Å². The third kappa shape index (κ3) is 5.55. The van der Waals surface area contributed by atoms with Gasteiger partial charge in [-0.1, -0.05) is 42.5 Å². The van der Waals surface area contributed by atoms with Crippen molar-refractivity contribution in [3.05, 3.63) is 94.3 Å². The average Bonchev–Trinajstić information content (AvgIpc) is 3.79. The number of hydrogen-bond donors (Lipinski definition) is 2. The Morgan fingerprint density at radius 1 is 1.03 bits per heavy atom. The van der Waals surface area contributed by atoms with Crippen molar-refractivity contribution in [2.45, 2.75) is 31.5 Å². The Morgan fingerprint density at radius 3 is 2.69 bits per heavy atom. The molecule has 2 aliphatic rings. The van der Waals surface area contributed by atoms with Gasteiger partial charge in [0.1, 0.15) is 11.7 Å². The Hall–Kier alpha value is -4.08. The normalized spacial score (nSPS) is 16.7. The van der Waals surface area contributed by atoms with Crippen molar-refractivity contribution in [3.8, 4) is 22.8 Å². The van der Waals surface area contributed by atoms with E-state index in [4.69, 9.17) is 14.2 Å². The van der Waals surface area contributed by atoms with Crippen LogP contribution in [0.2, 0.25) is 0 Å². The standard InChI is InChI=1S/C30H29N3O5S/c34-29(31-17-22-8-4-14-36-22)28(27-9-5-15-39-27)33(18-20-10-13-25-26(16-20)38-19-37-25)30(35)24-12-11-23(32-24)21-6-2-1-3-7-21/h1-3,5-7,9-13,15-16,22,28,32H,4,8,14,17-19H2,(H,31,34)/t22-,28+/m0/s1. The predicted octanol–water partition coefficient (Wildman–Crippen LogP) is 5.15. The van der Waals surface area contributed by atoms with Gasteiger partial charge in [0.05, 0.1) is 6.10 Å². The highest BCUT2D eigenvalue weighted by Crippen LogP contribution is 2.35. The number of nitrogens with zero attached hydrogens (tertiary/aromatic N) is 1. The zero-order chi connectivity index (χ0) is 26.6. The summed E-state index contributed by atoms with van der Waals surface area (Å²) in [4.78, 5) is 33.6. The molecule has 2 aromatic carbocycles. The maximum Gasteiger partial charge on any atom is 0.271 e. The van der Waals surface area contributed by atoms with Crippen molar-refractivity contribution in [1.82, 2.24) is 15.2 Å². The maximum atomic E-state index is 14.2. The van der Waals surface area contributed by atoms with E-state index in [2.05, 4.69) is 10.3 Å². The molecule has 6 rings (SSSR count). The predicted molar refractivity (Wildman–Crippen MR) is 148 cm³/mol. The number of ether oxygens (including phenoxy) is 3. The highest BCUT2D eigenvalue weighted by Gasteiger charge is 2.34. The van der Waals surface area contributed by atoms with E-state index in [0.29, 0.717) is 30.3 Å². The molecular weight excluding hydrogens is 514 g/mol. The number of fused-ring (bicyclic) bond motifs is 1. The van der Waals surface area contributed by atoms with Crippen LogP contribution >= 0.6 is 11.3 Å². The first-order valence-electron chi connectivity index (χ1n) is 13.0. The molecule has 0 aliphatic carbocycles. The SMILES string of the molecule is O=C(NC[C@@H]1CCCO1)[C@@H](c1cccs1)N(Cc1ccc2c(c1)OCO2)C(=O)c1ccc(-c2ccccc2)[nH]1. The van der Waals surface area contributed by atoms with Gasteiger partial charge in [-0.2, -0.15) is 0 Å². The highest BCUT2D eigenvalue weighted by atomic mass is 32.1. The third-order valence-corrected chi connectivity index (χ3v) is 7.88. The average molecular weight is 544 g/mol. The van der Waals surface area contributed by atoms with Crippen LogP contribution in [0.4, 0.5) is 0 Å². The van der Waals surface area contributed by atoms with E-state index in [1.165, 1.54) is 11.3 Å². The summed E-state index contributed by atoms with van der Waals surface area (Å²) >= 11 is 1.45. The largest absolute Gasteiger partial charge is 0.454 e. The van der Waals surface area contributed by atoms with E-state index in [9.17, 15) is 9.59 Å². The first kappa shape index (κ1) is 25.2. The number of aromatic amines is 1. The number of aromatic nitrogens is 1. The summed E-state index contributed by atoms with van der Waals surface area (Å²) in [5.74, 6) is 0.775. The van der Waals surface area contributed by atoms with E-state index in [1.54, 1.807) is 11.0 Å². The molecule has 1 fully saturated rings. The van der Waals surface area contributed by atoms with Crippen molar-refractivity contribution in [1.29, 1.82) is 0 Å². The van der Waals surface area contributed by atoms with E-state index in [-0.39, 0.29) is 31.3 Å². The molecule has 0 bridgehead atoms. The smallest absolute Gasteiger partial charge is 0.271 e. The lowest BCUT2D eigenvalue weighted by atomic mass is 10.1.